The first-order valence-electron chi connectivity index (χ1n) is 5.38. The Hall–Kier alpha value is -2.08. The molecular weight excluding hydrogens is 198 g/mol. The smallest absolute Gasteiger partial charge is 0.126 e. The van der Waals surface area contributed by atoms with Gasteiger partial charge in [0.2, 0.25) is 0 Å². The molecule has 1 N–H and O–H groups in total. The van der Waals surface area contributed by atoms with E-state index in [1.54, 1.807) is 6.07 Å². The molecule has 3 heteroatoms. The van der Waals surface area contributed by atoms with Gasteiger partial charge in [0.05, 0.1) is 17.1 Å². The van der Waals surface area contributed by atoms with Crippen LogP contribution >= 0.6 is 0 Å². The minimum absolute atomic E-state index is 0.670. The van der Waals surface area contributed by atoms with Gasteiger partial charge in [-0.3, -0.25) is 0 Å². The molecule has 0 aliphatic heterocycles. The number of rotatable bonds is 3. The van der Waals surface area contributed by atoms with Crippen molar-refractivity contribution in [2.24, 2.45) is 0 Å². The number of pyridine rings is 1. The summed E-state index contributed by atoms with van der Waals surface area (Å²) in [6.07, 6.45) is 1.08. The van der Waals surface area contributed by atoms with Crippen LogP contribution < -0.4 is 5.32 Å². The predicted molar refractivity (Wildman–Crippen MR) is 65.2 cm³/mol. The lowest BCUT2D eigenvalue weighted by Crippen LogP contribution is -2.01. The molecule has 0 aliphatic rings. The molecule has 1 heterocycles. The second-order valence-electron chi connectivity index (χ2n) is 3.64. The standard InChI is InChI=1S/C13H13N3/c1-2-7-15-13-6-4-11-8-10(9-14)3-5-12(11)16-13/h3-6,8H,2,7H2,1H3,(H,15,16). The summed E-state index contributed by atoms with van der Waals surface area (Å²) in [4.78, 5) is 4.47. The molecule has 1 aromatic carbocycles. The first-order chi connectivity index (χ1) is 7.83. The minimum atomic E-state index is 0.670. The van der Waals surface area contributed by atoms with Gasteiger partial charge in [0, 0.05) is 11.9 Å². The van der Waals surface area contributed by atoms with E-state index in [0.29, 0.717) is 5.56 Å². The summed E-state index contributed by atoms with van der Waals surface area (Å²) in [5.41, 5.74) is 1.59. The molecule has 0 fully saturated rings. The van der Waals surface area contributed by atoms with Crippen molar-refractivity contribution in [2.45, 2.75) is 13.3 Å². The Morgan fingerprint density at radius 1 is 1.31 bits per heavy atom. The Balaban J connectivity index is 2.37. The number of aromatic nitrogens is 1. The maximum absolute atomic E-state index is 8.79. The van der Waals surface area contributed by atoms with E-state index >= 15 is 0 Å². The molecule has 0 aliphatic carbocycles. The van der Waals surface area contributed by atoms with Crippen LogP contribution in [0.1, 0.15) is 18.9 Å². The summed E-state index contributed by atoms with van der Waals surface area (Å²) >= 11 is 0. The van der Waals surface area contributed by atoms with Gasteiger partial charge >= 0.3 is 0 Å². The van der Waals surface area contributed by atoms with Crippen LogP contribution in [0.3, 0.4) is 0 Å². The third kappa shape index (κ3) is 2.12. The second-order valence-corrected chi connectivity index (χ2v) is 3.64. The van der Waals surface area contributed by atoms with Crippen molar-refractivity contribution in [1.29, 1.82) is 5.26 Å². The Kier molecular flexibility index (Phi) is 3.02. The number of nitrogens with zero attached hydrogens (tertiary/aromatic N) is 2. The van der Waals surface area contributed by atoms with E-state index in [4.69, 9.17) is 5.26 Å². The van der Waals surface area contributed by atoms with Crippen LogP contribution in [0.2, 0.25) is 0 Å². The van der Waals surface area contributed by atoms with Gasteiger partial charge in [0.15, 0.2) is 0 Å². The summed E-state index contributed by atoms with van der Waals surface area (Å²) in [6, 6.07) is 11.6. The maximum Gasteiger partial charge on any atom is 0.126 e. The molecule has 3 nitrogen and oxygen atoms in total. The quantitative estimate of drug-likeness (QED) is 0.849. The average Bonchev–Trinajstić information content (AvgIpc) is 2.35. The zero-order valence-electron chi connectivity index (χ0n) is 9.20. The van der Waals surface area contributed by atoms with Gasteiger partial charge in [-0.15, -0.1) is 0 Å². The van der Waals surface area contributed by atoms with E-state index in [-0.39, 0.29) is 0 Å². The van der Waals surface area contributed by atoms with Gasteiger partial charge in [-0.05, 0) is 36.8 Å². The molecule has 2 aromatic rings. The SMILES string of the molecule is CCCNc1ccc2cc(C#N)ccc2n1. The van der Waals surface area contributed by atoms with Crippen molar-refractivity contribution in [2.75, 3.05) is 11.9 Å². The van der Waals surface area contributed by atoms with Crippen LogP contribution in [0.15, 0.2) is 30.3 Å². The third-order valence-electron chi connectivity index (χ3n) is 2.37. The molecule has 0 saturated carbocycles. The van der Waals surface area contributed by atoms with Gasteiger partial charge in [-0.2, -0.15) is 5.26 Å². The highest BCUT2D eigenvalue weighted by atomic mass is 15.0. The molecule has 0 spiro atoms. The first kappa shape index (κ1) is 10.4. The highest BCUT2D eigenvalue weighted by Gasteiger charge is 1.98. The number of fused-ring (bicyclic) bond motifs is 1. The predicted octanol–water partition coefficient (Wildman–Crippen LogP) is 2.93. The fourth-order valence-electron chi connectivity index (χ4n) is 1.55. The topological polar surface area (TPSA) is 48.7 Å². The average molecular weight is 211 g/mol. The molecule has 0 saturated heterocycles. The molecule has 0 bridgehead atoms. The number of hydrogen-bond donors (Lipinski definition) is 1. The highest BCUT2D eigenvalue weighted by Crippen LogP contribution is 2.16. The van der Waals surface area contributed by atoms with Crippen LogP contribution in [0, 0.1) is 11.3 Å². The van der Waals surface area contributed by atoms with Crippen molar-refractivity contribution in [3.05, 3.63) is 35.9 Å². The number of nitrogens with one attached hydrogen (secondary N) is 1. The van der Waals surface area contributed by atoms with Gasteiger partial charge in [0.25, 0.3) is 0 Å². The summed E-state index contributed by atoms with van der Waals surface area (Å²) in [6.45, 7) is 3.04. The highest BCUT2D eigenvalue weighted by molar-refractivity contribution is 5.81. The molecule has 16 heavy (non-hydrogen) atoms. The lowest BCUT2D eigenvalue weighted by Gasteiger charge is -2.05. The Morgan fingerprint density at radius 2 is 2.19 bits per heavy atom. The van der Waals surface area contributed by atoms with Crippen molar-refractivity contribution in [3.63, 3.8) is 0 Å². The fraction of sp³-hybridized carbons (Fsp3) is 0.231. The first-order valence-corrected chi connectivity index (χ1v) is 5.38. The van der Waals surface area contributed by atoms with E-state index in [9.17, 15) is 0 Å². The van der Waals surface area contributed by atoms with Gasteiger partial charge in [-0.1, -0.05) is 6.92 Å². The summed E-state index contributed by atoms with van der Waals surface area (Å²) in [7, 11) is 0. The number of nitriles is 1. The number of hydrogen-bond acceptors (Lipinski definition) is 3. The zero-order valence-corrected chi connectivity index (χ0v) is 9.20. The molecule has 2 rings (SSSR count). The van der Waals surface area contributed by atoms with Crippen LogP contribution in [-0.2, 0) is 0 Å². The molecule has 0 amide bonds. The van der Waals surface area contributed by atoms with Crippen LogP contribution in [0.5, 0.6) is 0 Å². The summed E-state index contributed by atoms with van der Waals surface area (Å²) in [5.74, 6) is 0.888. The molecular formula is C13H13N3. The number of benzene rings is 1. The Labute approximate surface area is 94.7 Å². The lowest BCUT2D eigenvalue weighted by molar-refractivity contribution is 0.972. The van der Waals surface area contributed by atoms with Gasteiger partial charge in [0.1, 0.15) is 5.82 Å². The largest absolute Gasteiger partial charge is 0.370 e. The van der Waals surface area contributed by atoms with Crippen molar-refractivity contribution in [1.82, 2.24) is 4.98 Å². The molecule has 0 atom stereocenters. The van der Waals surface area contributed by atoms with E-state index in [0.717, 1.165) is 29.7 Å². The summed E-state index contributed by atoms with van der Waals surface area (Å²) in [5, 5.41) is 13.0. The van der Waals surface area contributed by atoms with Crippen LogP contribution in [-0.4, -0.2) is 11.5 Å². The van der Waals surface area contributed by atoms with E-state index in [1.165, 1.54) is 0 Å². The minimum Gasteiger partial charge on any atom is -0.370 e. The monoisotopic (exact) mass is 211 g/mol. The van der Waals surface area contributed by atoms with E-state index < -0.39 is 0 Å². The number of anilines is 1. The maximum atomic E-state index is 8.79. The Morgan fingerprint density at radius 3 is 2.94 bits per heavy atom. The normalized spacial score (nSPS) is 10.0. The van der Waals surface area contributed by atoms with E-state index in [1.807, 2.05) is 24.3 Å². The Bertz CT molecular complexity index is 540. The van der Waals surface area contributed by atoms with Crippen LogP contribution in [0.4, 0.5) is 5.82 Å². The molecule has 1 aromatic heterocycles. The summed E-state index contributed by atoms with van der Waals surface area (Å²) < 4.78 is 0. The fourth-order valence-corrected chi connectivity index (χ4v) is 1.55. The van der Waals surface area contributed by atoms with E-state index in [2.05, 4.69) is 23.3 Å². The lowest BCUT2D eigenvalue weighted by atomic mass is 10.1. The molecule has 0 radical (unpaired) electrons. The van der Waals surface area contributed by atoms with Crippen molar-refractivity contribution >= 4 is 16.7 Å². The zero-order chi connectivity index (χ0) is 11.4. The van der Waals surface area contributed by atoms with Crippen molar-refractivity contribution < 1.29 is 0 Å². The third-order valence-corrected chi connectivity index (χ3v) is 2.37. The van der Waals surface area contributed by atoms with Crippen molar-refractivity contribution in [3.8, 4) is 6.07 Å². The van der Waals surface area contributed by atoms with Gasteiger partial charge in [-0.25, -0.2) is 4.98 Å². The van der Waals surface area contributed by atoms with Gasteiger partial charge < -0.3 is 5.32 Å². The second kappa shape index (κ2) is 4.63. The van der Waals surface area contributed by atoms with Crippen LogP contribution in [0.25, 0.3) is 10.9 Å². The molecule has 0 unspecified atom stereocenters. The molecule has 80 valence electrons.